The normalized spacial score (nSPS) is 20.8. The average Bonchev–Trinajstić information content (AvgIpc) is 2.42. The second kappa shape index (κ2) is 4.47. The molecule has 0 fully saturated rings. The Morgan fingerprint density at radius 2 is 2.29 bits per heavy atom. The number of fused-ring (bicyclic) bond motifs is 1. The topological polar surface area (TPSA) is 21.3 Å². The monoisotopic (exact) mass is 191 g/mol. The van der Waals surface area contributed by atoms with Crippen molar-refractivity contribution < 1.29 is 4.74 Å². The van der Waals surface area contributed by atoms with Crippen LogP contribution in [0.2, 0.25) is 0 Å². The molecule has 0 radical (unpaired) electrons. The molecule has 0 aliphatic carbocycles. The van der Waals surface area contributed by atoms with E-state index in [4.69, 9.17) is 4.74 Å². The molecule has 1 aliphatic heterocycles. The van der Waals surface area contributed by atoms with Crippen molar-refractivity contribution in [3.63, 3.8) is 0 Å². The van der Waals surface area contributed by atoms with Gasteiger partial charge in [-0.25, -0.2) is 0 Å². The van der Waals surface area contributed by atoms with E-state index in [0.29, 0.717) is 6.10 Å². The Labute approximate surface area is 85.3 Å². The molecule has 1 atom stereocenters. The van der Waals surface area contributed by atoms with Crippen LogP contribution in [-0.2, 0) is 11.2 Å². The van der Waals surface area contributed by atoms with Gasteiger partial charge in [0.25, 0.3) is 0 Å². The lowest BCUT2D eigenvalue weighted by Gasteiger charge is -2.13. The highest BCUT2D eigenvalue weighted by molar-refractivity contribution is 5.51. The molecular formula is C12H17NO. The quantitative estimate of drug-likeness (QED) is 0.775. The van der Waals surface area contributed by atoms with E-state index in [9.17, 15) is 0 Å². The minimum atomic E-state index is 0.368. The molecule has 14 heavy (non-hydrogen) atoms. The van der Waals surface area contributed by atoms with E-state index in [2.05, 4.69) is 36.5 Å². The van der Waals surface area contributed by atoms with Gasteiger partial charge in [-0.2, -0.15) is 0 Å². The Bertz CT molecular complexity index is 271. The molecule has 0 spiro atoms. The summed E-state index contributed by atoms with van der Waals surface area (Å²) in [5.74, 6) is 0. The zero-order chi connectivity index (χ0) is 9.80. The molecular weight excluding hydrogens is 174 g/mol. The zero-order valence-corrected chi connectivity index (χ0v) is 8.62. The summed E-state index contributed by atoms with van der Waals surface area (Å²) >= 11 is 0. The smallest absolute Gasteiger partial charge is 0.0750 e. The average molecular weight is 191 g/mol. The third-order valence-electron chi connectivity index (χ3n) is 2.68. The SMILES string of the molecule is CCOC1CCc2ccccc2NC1. The predicted octanol–water partition coefficient (Wildman–Crippen LogP) is 2.45. The number of hydrogen-bond donors (Lipinski definition) is 1. The number of anilines is 1. The lowest BCUT2D eigenvalue weighted by Crippen LogP contribution is -2.21. The van der Waals surface area contributed by atoms with E-state index in [-0.39, 0.29) is 0 Å². The second-order valence-corrected chi connectivity index (χ2v) is 3.65. The van der Waals surface area contributed by atoms with Gasteiger partial charge in [0.15, 0.2) is 0 Å². The van der Waals surface area contributed by atoms with Gasteiger partial charge in [0.05, 0.1) is 6.10 Å². The Kier molecular flexibility index (Phi) is 3.04. The standard InChI is InChI=1S/C12H17NO/c1-2-14-11-8-7-10-5-3-4-6-12(10)13-9-11/h3-6,11,13H,2,7-9H2,1H3. The molecule has 1 aromatic rings. The van der Waals surface area contributed by atoms with Crippen molar-refractivity contribution in [3.05, 3.63) is 29.8 Å². The maximum atomic E-state index is 5.63. The Hall–Kier alpha value is -1.02. The van der Waals surface area contributed by atoms with E-state index >= 15 is 0 Å². The van der Waals surface area contributed by atoms with Crippen LogP contribution >= 0.6 is 0 Å². The van der Waals surface area contributed by atoms with Crippen LogP contribution in [0.5, 0.6) is 0 Å². The maximum absolute atomic E-state index is 5.63. The van der Waals surface area contributed by atoms with E-state index in [1.54, 1.807) is 0 Å². The molecule has 1 N–H and O–H groups in total. The zero-order valence-electron chi connectivity index (χ0n) is 8.62. The van der Waals surface area contributed by atoms with Gasteiger partial charge in [-0.3, -0.25) is 0 Å². The van der Waals surface area contributed by atoms with Gasteiger partial charge < -0.3 is 10.1 Å². The highest BCUT2D eigenvalue weighted by atomic mass is 16.5. The molecule has 2 nitrogen and oxygen atoms in total. The minimum absolute atomic E-state index is 0.368. The first kappa shape index (κ1) is 9.53. The number of hydrogen-bond acceptors (Lipinski definition) is 2. The van der Waals surface area contributed by atoms with Crippen LogP contribution in [0.4, 0.5) is 5.69 Å². The number of aryl methyl sites for hydroxylation is 1. The van der Waals surface area contributed by atoms with Crippen molar-refractivity contribution >= 4 is 5.69 Å². The molecule has 2 heteroatoms. The summed E-state index contributed by atoms with van der Waals surface area (Å²) < 4.78 is 5.63. The molecule has 1 aliphatic rings. The Morgan fingerprint density at radius 1 is 1.43 bits per heavy atom. The fourth-order valence-electron chi connectivity index (χ4n) is 1.93. The van der Waals surface area contributed by atoms with Crippen LogP contribution in [0.15, 0.2) is 24.3 Å². The first-order valence-corrected chi connectivity index (χ1v) is 5.33. The van der Waals surface area contributed by atoms with Crippen molar-refractivity contribution in [1.82, 2.24) is 0 Å². The van der Waals surface area contributed by atoms with Crippen molar-refractivity contribution in [2.24, 2.45) is 0 Å². The van der Waals surface area contributed by atoms with Crippen LogP contribution in [0.25, 0.3) is 0 Å². The van der Waals surface area contributed by atoms with E-state index in [0.717, 1.165) is 26.0 Å². The van der Waals surface area contributed by atoms with Gasteiger partial charge in [0.2, 0.25) is 0 Å². The fourth-order valence-corrected chi connectivity index (χ4v) is 1.93. The lowest BCUT2D eigenvalue weighted by atomic mass is 10.1. The fraction of sp³-hybridized carbons (Fsp3) is 0.500. The molecule has 0 bridgehead atoms. The third kappa shape index (κ3) is 2.07. The number of benzene rings is 1. The van der Waals surface area contributed by atoms with Gasteiger partial charge >= 0.3 is 0 Å². The summed E-state index contributed by atoms with van der Waals surface area (Å²) in [6, 6.07) is 8.51. The third-order valence-corrected chi connectivity index (χ3v) is 2.68. The van der Waals surface area contributed by atoms with Crippen LogP contribution in [0.1, 0.15) is 18.9 Å². The molecule has 1 aromatic carbocycles. The molecule has 0 aromatic heterocycles. The summed E-state index contributed by atoms with van der Waals surface area (Å²) in [7, 11) is 0. The molecule has 0 amide bonds. The van der Waals surface area contributed by atoms with Gasteiger partial charge in [-0.1, -0.05) is 18.2 Å². The second-order valence-electron chi connectivity index (χ2n) is 3.65. The Morgan fingerprint density at radius 3 is 3.14 bits per heavy atom. The van der Waals surface area contributed by atoms with Gasteiger partial charge in [0, 0.05) is 18.8 Å². The van der Waals surface area contributed by atoms with Gasteiger partial charge in [-0.05, 0) is 31.4 Å². The number of ether oxygens (including phenoxy) is 1. The molecule has 76 valence electrons. The van der Waals surface area contributed by atoms with Crippen molar-refractivity contribution in [1.29, 1.82) is 0 Å². The highest BCUT2D eigenvalue weighted by Gasteiger charge is 2.14. The minimum Gasteiger partial charge on any atom is -0.382 e. The summed E-state index contributed by atoms with van der Waals surface area (Å²) in [6.45, 7) is 3.80. The van der Waals surface area contributed by atoms with Crippen LogP contribution in [-0.4, -0.2) is 19.3 Å². The first-order chi connectivity index (χ1) is 6.90. The van der Waals surface area contributed by atoms with E-state index < -0.39 is 0 Å². The van der Waals surface area contributed by atoms with Crippen molar-refractivity contribution in [2.45, 2.75) is 25.9 Å². The largest absolute Gasteiger partial charge is 0.382 e. The summed E-state index contributed by atoms with van der Waals surface area (Å²) in [4.78, 5) is 0. The summed E-state index contributed by atoms with van der Waals surface area (Å²) in [5, 5.41) is 3.44. The number of para-hydroxylation sites is 1. The van der Waals surface area contributed by atoms with Crippen molar-refractivity contribution in [3.8, 4) is 0 Å². The maximum Gasteiger partial charge on any atom is 0.0750 e. The Balaban J connectivity index is 2.06. The van der Waals surface area contributed by atoms with E-state index in [1.807, 2.05) is 0 Å². The van der Waals surface area contributed by atoms with Crippen LogP contribution in [0, 0.1) is 0 Å². The van der Waals surface area contributed by atoms with E-state index in [1.165, 1.54) is 11.3 Å². The van der Waals surface area contributed by atoms with Crippen molar-refractivity contribution in [2.75, 3.05) is 18.5 Å². The summed E-state index contributed by atoms with van der Waals surface area (Å²) in [5.41, 5.74) is 2.68. The molecule has 1 heterocycles. The number of rotatable bonds is 2. The molecule has 2 rings (SSSR count). The first-order valence-electron chi connectivity index (χ1n) is 5.33. The van der Waals surface area contributed by atoms with Gasteiger partial charge in [0.1, 0.15) is 0 Å². The summed E-state index contributed by atoms with van der Waals surface area (Å²) in [6.07, 6.45) is 2.61. The number of nitrogens with one attached hydrogen (secondary N) is 1. The predicted molar refractivity (Wildman–Crippen MR) is 58.7 cm³/mol. The lowest BCUT2D eigenvalue weighted by molar-refractivity contribution is 0.0673. The highest BCUT2D eigenvalue weighted by Crippen LogP contribution is 2.21. The molecule has 1 unspecified atom stereocenters. The van der Waals surface area contributed by atoms with Crippen LogP contribution < -0.4 is 5.32 Å². The van der Waals surface area contributed by atoms with Gasteiger partial charge in [-0.15, -0.1) is 0 Å². The van der Waals surface area contributed by atoms with Crippen LogP contribution in [0.3, 0.4) is 0 Å². The molecule has 0 saturated carbocycles. The molecule has 0 saturated heterocycles.